The van der Waals surface area contributed by atoms with Crippen molar-refractivity contribution >= 4 is 0 Å². The number of nitrogens with two attached hydrogens (primary N) is 1. The minimum absolute atomic E-state index is 0.103. The molecule has 0 saturated carbocycles. The van der Waals surface area contributed by atoms with Crippen LogP contribution in [-0.2, 0) is 6.61 Å². The Morgan fingerprint density at radius 2 is 1.71 bits per heavy atom. The third kappa shape index (κ3) is 4.06. The van der Waals surface area contributed by atoms with Gasteiger partial charge in [0.2, 0.25) is 0 Å². The Balaban J connectivity index is 2.13. The zero-order valence-electron chi connectivity index (χ0n) is 12.7. The Kier molecular flexibility index (Phi) is 5.37. The SMILES string of the molecule is Cc1cc([C@H](N)CCO)cc(C)c1OCc1ccccc1. The Bertz CT molecular complexity index is 558. The molecular formula is C18H23NO2. The first kappa shape index (κ1) is 15.5. The summed E-state index contributed by atoms with van der Waals surface area (Å²) >= 11 is 0. The fourth-order valence-corrected chi connectivity index (χ4v) is 2.46. The summed E-state index contributed by atoms with van der Waals surface area (Å²) in [7, 11) is 0. The van der Waals surface area contributed by atoms with Crippen molar-refractivity contribution in [3.8, 4) is 5.75 Å². The zero-order valence-corrected chi connectivity index (χ0v) is 12.7. The first-order valence-electron chi connectivity index (χ1n) is 7.26. The summed E-state index contributed by atoms with van der Waals surface area (Å²) in [6.07, 6.45) is 0.573. The van der Waals surface area contributed by atoms with Crippen molar-refractivity contribution in [2.45, 2.75) is 32.9 Å². The standard InChI is InChI=1S/C18H23NO2/c1-13-10-16(17(19)8-9-20)11-14(2)18(13)21-12-15-6-4-3-5-7-15/h3-7,10-11,17,20H,8-9,12,19H2,1-2H3/t17-/m1/s1. The molecule has 0 aliphatic rings. The number of aliphatic hydroxyl groups is 1. The number of hydrogen-bond donors (Lipinski definition) is 2. The zero-order chi connectivity index (χ0) is 15.2. The number of aliphatic hydroxyl groups excluding tert-OH is 1. The van der Waals surface area contributed by atoms with E-state index in [1.807, 2.05) is 44.2 Å². The quantitative estimate of drug-likeness (QED) is 0.856. The molecule has 112 valence electrons. The lowest BCUT2D eigenvalue weighted by molar-refractivity contribution is 0.276. The van der Waals surface area contributed by atoms with Crippen LogP contribution in [0, 0.1) is 13.8 Å². The van der Waals surface area contributed by atoms with Crippen LogP contribution < -0.4 is 10.5 Å². The van der Waals surface area contributed by atoms with Crippen molar-refractivity contribution in [3.63, 3.8) is 0 Å². The van der Waals surface area contributed by atoms with E-state index in [1.165, 1.54) is 0 Å². The molecule has 2 aromatic rings. The van der Waals surface area contributed by atoms with Crippen LogP contribution in [0.1, 0.15) is 34.7 Å². The Morgan fingerprint density at radius 1 is 1.10 bits per heavy atom. The predicted molar refractivity (Wildman–Crippen MR) is 85.3 cm³/mol. The van der Waals surface area contributed by atoms with E-state index in [9.17, 15) is 0 Å². The molecule has 0 unspecified atom stereocenters. The molecular weight excluding hydrogens is 262 g/mol. The molecule has 2 rings (SSSR count). The van der Waals surface area contributed by atoms with E-state index in [-0.39, 0.29) is 12.6 Å². The number of ether oxygens (including phenoxy) is 1. The highest BCUT2D eigenvalue weighted by atomic mass is 16.5. The molecule has 0 radical (unpaired) electrons. The smallest absolute Gasteiger partial charge is 0.125 e. The van der Waals surface area contributed by atoms with Gasteiger partial charge in [0.25, 0.3) is 0 Å². The van der Waals surface area contributed by atoms with Crippen LogP contribution in [-0.4, -0.2) is 11.7 Å². The minimum atomic E-state index is -0.129. The fourth-order valence-electron chi connectivity index (χ4n) is 2.46. The molecule has 3 nitrogen and oxygen atoms in total. The fraction of sp³-hybridized carbons (Fsp3) is 0.333. The summed E-state index contributed by atoms with van der Waals surface area (Å²) in [4.78, 5) is 0. The van der Waals surface area contributed by atoms with Crippen molar-refractivity contribution in [1.82, 2.24) is 0 Å². The summed E-state index contributed by atoms with van der Waals surface area (Å²) in [5.74, 6) is 0.916. The first-order valence-corrected chi connectivity index (χ1v) is 7.26. The summed E-state index contributed by atoms with van der Waals surface area (Å²) in [5.41, 5.74) is 10.4. The Hall–Kier alpha value is -1.84. The average molecular weight is 285 g/mol. The third-order valence-electron chi connectivity index (χ3n) is 3.58. The van der Waals surface area contributed by atoms with Gasteiger partial charge in [-0.15, -0.1) is 0 Å². The molecule has 0 bridgehead atoms. The van der Waals surface area contributed by atoms with E-state index in [0.29, 0.717) is 13.0 Å². The maximum Gasteiger partial charge on any atom is 0.125 e. The Labute approximate surface area is 126 Å². The second-order valence-corrected chi connectivity index (χ2v) is 5.38. The van der Waals surface area contributed by atoms with Crippen LogP contribution in [0.25, 0.3) is 0 Å². The molecule has 0 heterocycles. The molecule has 0 amide bonds. The van der Waals surface area contributed by atoms with Crippen molar-refractivity contribution < 1.29 is 9.84 Å². The normalized spacial score (nSPS) is 12.2. The lowest BCUT2D eigenvalue weighted by Crippen LogP contribution is -2.12. The van der Waals surface area contributed by atoms with Crippen LogP contribution in [0.3, 0.4) is 0 Å². The molecule has 0 fully saturated rings. The Morgan fingerprint density at radius 3 is 2.29 bits per heavy atom. The summed E-state index contributed by atoms with van der Waals surface area (Å²) in [5, 5.41) is 9.00. The lowest BCUT2D eigenvalue weighted by atomic mass is 9.99. The largest absolute Gasteiger partial charge is 0.488 e. The summed E-state index contributed by atoms with van der Waals surface area (Å²) in [6, 6.07) is 14.1. The van der Waals surface area contributed by atoms with Gasteiger partial charge < -0.3 is 15.6 Å². The summed E-state index contributed by atoms with van der Waals surface area (Å²) in [6.45, 7) is 4.72. The van der Waals surface area contributed by atoms with Crippen LogP contribution in [0.2, 0.25) is 0 Å². The van der Waals surface area contributed by atoms with E-state index < -0.39 is 0 Å². The van der Waals surface area contributed by atoms with Crippen molar-refractivity contribution in [1.29, 1.82) is 0 Å². The second-order valence-electron chi connectivity index (χ2n) is 5.38. The van der Waals surface area contributed by atoms with Crippen LogP contribution in [0.4, 0.5) is 0 Å². The highest BCUT2D eigenvalue weighted by Crippen LogP contribution is 2.28. The molecule has 21 heavy (non-hydrogen) atoms. The highest BCUT2D eigenvalue weighted by molar-refractivity contribution is 5.44. The number of benzene rings is 2. The maximum absolute atomic E-state index is 9.00. The lowest BCUT2D eigenvalue weighted by Gasteiger charge is -2.17. The van der Waals surface area contributed by atoms with Gasteiger partial charge in [-0.3, -0.25) is 0 Å². The van der Waals surface area contributed by atoms with E-state index >= 15 is 0 Å². The first-order chi connectivity index (χ1) is 10.1. The van der Waals surface area contributed by atoms with E-state index in [2.05, 4.69) is 12.1 Å². The van der Waals surface area contributed by atoms with Crippen molar-refractivity contribution in [3.05, 3.63) is 64.7 Å². The molecule has 0 aromatic heterocycles. The van der Waals surface area contributed by atoms with Gasteiger partial charge in [0.1, 0.15) is 12.4 Å². The number of hydrogen-bond acceptors (Lipinski definition) is 3. The van der Waals surface area contributed by atoms with E-state index in [1.54, 1.807) is 0 Å². The number of aryl methyl sites for hydroxylation is 2. The third-order valence-corrected chi connectivity index (χ3v) is 3.58. The molecule has 3 N–H and O–H groups in total. The molecule has 0 aliphatic heterocycles. The monoisotopic (exact) mass is 285 g/mol. The van der Waals surface area contributed by atoms with Gasteiger partial charge in [0.15, 0.2) is 0 Å². The van der Waals surface area contributed by atoms with Gasteiger partial charge in [-0.25, -0.2) is 0 Å². The van der Waals surface area contributed by atoms with Gasteiger partial charge in [-0.05, 0) is 42.5 Å². The molecule has 0 saturated heterocycles. The molecule has 0 spiro atoms. The topological polar surface area (TPSA) is 55.5 Å². The predicted octanol–water partition coefficient (Wildman–Crippen LogP) is 3.26. The average Bonchev–Trinajstić information content (AvgIpc) is 2.47. The molecule has 0 aliphatic carbocycles. The van der Waals surface area contributed by atoms with Crippen LogP contribution in [0.15, 0.2) is 42.5 Å². The van der Waals surface area contributed by atoms with Crippen molar-refractivity contribution in [2.75, 3.05) is 6.61 Å². The minimum Gasteiger partial charge on any atom is -0.488 e. The van der Waals surface area contributed by atoms with Gasteiger partial charge in [0, 0.05) is 12.6 Å². The van der Waals surface area contributed by atoms with Gasteiger partial charge in [-0.1, -0.05) is 42.5 Å². The van der Waals surface area contributed by atoms with Crippen LogP contribution in [0.5, 0.6) is 5.75 Å². The van der Waals surface area contributed by atoms with Gasteiger partial charge >= 0.3 is 0 Å². The molecule has 3 heteroatoms. The van der Waals surface area contributed by atoms with Gasteiger partial charge in [0.05, 0.1) is 0 Å². The second kappa shape index (κ2) is 7.25. The summed E-state index contributed by atoms with van der Waals surface area (Å²) < 4.78 is 5.96. The maximum atomic E-state index is 9.00. The number of rotatable bonds is 6. The van der Waals surface area contributed by atoms with Crippen molar-refractivity contribution in [2.24, 2.45) is 5.73 Å². The van der Waals surface area contributed by atoms with Crippen LogP contribution >= 0.6 is 0 Å². The highest BCUT2D eigenvalue weighted by Gasteiger charge is 2.11. The molecule has 2 aromatic carbocycles. The van der Waals surface area contributed by atoms with E-state index in [0.717, 1.165) is 28.0 Å². The molecule has 1 atom stereocenters. The van der Waals surface area contributed by atoms with E-state index in [4.69, 9.17) is 15.6 Å². The van der Waals surface area contributed by atoms with Gasteiger partial charge in [-0.2, -0.15) is 0 Å².